The number of carboxylic acid groups (broad SMARTS) is 2. The normalized spacial score (nSPS) is 11.0. The van der Waals surface area contributed by atoms with Gasteiger partial charge in [-0.3, -0.25) is 19.2 Å². The molecule has 0 atom stereocenters. The number of ether oxygens (including phenoxy) is 6. The van der Waals surface area contributed by atoms with Gasteiger partial charge in [-0.1, -0.05) is 244 Å². The molecule has 0 heterocycles. The van der Waals surface area contributed by atoms with Crippen LogP contribution in [0.15, 0.2) is 48.5 Å². The summed E-state index contributed by atoms with van der Waals surface area (Å²) >= 11 is 0. The number of para-hydroxylation sites is 4. The number of anilines is 2. The van der Waals surface area contributed by atoms with E-state index >= 15 is 0 Å². The van der Waals surface area contributed by atoms with Crippen molar-refractivity contribution in [1.82, 2.24) is 0 Å². The van der Waals surface area contributed by atoms with Gasteiger partial charge in [0, 0.05) is 13.2 Å². The van der Waals surface area contributed by atoms with E-state index in [4.69, 9.17) is 28.4 Å². The van der Waals surface area contributed by atoms with Gasteiger partial charge in [0.05, 0.1) is 24.6 Å². The number of benzene rings is 2. The number of nitrogens with zero attached hydrogens (tertiary/aromatic N) is 2. The number of carbonyl (C=O) groups excluding carboxylic acids is 2. The molecule has 0 spiro atoms. The third-order valence-electron chi connectivity index (χ3n) is 14.1. The summed E-state index contributed by atoms with van der Waals surface area (Å²) in [4.78, 5) is 52.4. The number of rotatable bonds is 57. The molecule has 0 aliphatic rings. The molecule has 0 aliphatic carbocycles. The van der Waals surface area contributed by atoms with Crippen LogP contribution >= 0.6 is 0 Å². The summed E-state index contributed by atoms with van der Waals surface area (Å²) in [6, 6.07) is 13.6. The Morgan fingerprint density at radius 1 is 0.342 bits per heavy atom. The molecule has 0 saturated carbocycles. The van der Waals surface area contributed by atoms with Crippen molar-refractivity contribution in [2.75, 3.05) is 88.8 Å². The minimum atomic E-state index is -1.13. The Balaban J connectivity index is 0.0000312. The number of carbonyl (C=O) groups is 4. The fourth-order valence-electron chi connectivity index (χ4n) is 9.66. The van der Waals surface area contributed by atoms with E-state index in [1.807, 2.05) is 0 Å². The molecule has 0 aromatic heterocycles. The van der Waals surface area contributed by atoms with Crippen LogP contribution in [0.25, 0.3) is 0 Å². The quantitative estimate of drug-likeness (QED) is 0.0364. The fourth-order valence-corrected chi connectivity index (χ4v) is 9.66. The first-order valence-electron chi connectivity index (χ1n) is 31.1. The minimum Gasteiger partial charge on any atom is -0.488 e. The van der Waals surface area contributed by atoms with Crippen LogP contribution < -0.4 is 48.8 Å². The molecule has 0 fully saturated rings. The number of hydrogen-bond acceptors (Lipinski definition) is 12. The van der Waals surface area contributed by atoms with Crippen molar-refractivity contribution in [2.45, 2.75) is 232 Å². The number of hydrogen-bond donors (Lipinski definition) is 2. The zero-order chi connectivity index (χ0) is 56.2. The smallest absolute Gasteiger partial charge is 0.488 e. The van der Waals surface area contributed by atoms with Crippen molar-refractivity contribution in [3.8, 4) is 11.5 Å². The maximum Gasteiger partial charge on any atom is 1.00 e. The van der Waals surface area contributed by atoms with Crippen molar-refractivity contribution in [3.05, 3.63) is 48.5 Å². The van der Waals surface area contributed by atoms with Crippen LogP contribution in [0.5, 0.6) is 11.5 Å². The van der Waals surface area contributed by atoms with Gasteiger partial charge in [-0.05, 0) is 37.1 Å². The van der Waals surface area contributed by atoms with Crippen LogP contribution in [0.2, 0.25) is 0 Å². The monoisotopic (exact) mass is 1120 g/mol. The summed E-state index contributed by atoms with van der Waals surface area (Å²) < 4.78 is 34.3. The summed E-state index contributed by atoms with van der Waals surface area (Å²) in [5, 5.41) is 19.5. The van der Waals surface area contributed by atoms with Crippen LogP contribution in [-0.4, -0.2) is 113 Å². The number of esters is 2. The molecule has 2 N–H and O–H groups in total. The van der Waals surface area contributed by atoms with Crippen molar-refractivity contribution in [3.63, 3.8) is 0 Å². The predicted molar refractivity (Wildman–Crippen MR) is 315 cm³/mol. The van der Waals surface area contributed by atoms with E-state index < -0.39 is 37.0 Å². The number of aliphatic carboxylic acids is 2. The number of unbranched alkanes of at least 4 members (excludes halogenated alkanes) is 32. The van der Waals surface area contributed by atoms with Crippen LogP contribution in [0.4, 0.5) is 11.4 Å². The SMILES string of the molecule is CCCCCCCCCCCCCCCCCCCOCCOC(=O)CN(CC(=O)O)c1ccccc1OCCOc1ccccc1N(CC(=O)O)CC(=O)OCCOCCCCCCCCCCCCCCCCCCC.[Na+]. The molecular weight excluding hydrogens is 1010 g/mol. The second-order valence-corrected chi connectivity index (χ2v) is 21.1. The molecule has 14 nitrogen and oxygen atoms in total. The molecule has 446 valence electrons. The first-order chi connectivity index (χ1) is 38.2. The molecular formula is C64H108N2NaO12+. The average Bonchev–Trinajstić information content (AvgIpc) is 3.43. The first kappa shape index (κ1) is 73.5. The van der Waals surface area contributed by atoms with Gasteiger partial charge in [0.1, 0.15) is 64.1 Å². The summed E-state index contributed by atoms with van der Waals surface area (Å²) in [5.41, 5.74) is 0.776. The topological polar surface area (TPSA) is 171 Å². The maximum absolute atomic E-state index is 12.9. The van der Waals surface area contributed by atoms with Crippen molar-refractivity contribution < 1.29 is 87.4 Å². The molecule has 0 bridgehead atoms. The molecule has 0 unspecified atom stereocenters. The zero-order valence-corrected chi connectivity index (χ0v) is 52.0. The van der Waals surface area contributed by atoms with E-state index in [0.717, 1.165) is 25.7 Å². The van der Waals surface area contributed by atoms with E-state index in [1.165, 1.54) is 202 Å². The largest absolute Gasteiger partial charge is 1.00 e. The molecule has 15 heteroatoms. The van der Waals surface area contributed by atoms with E-state index in [-0.39, 0.29) is 82.3 Å². The van der Waals surface area contributed by atoms with Gasteiger partial charge in [-0.15, -0.1) is 0 Å². The Morgan fingerprint density at radius 3 is 0.886 bits per heavy atom. The van der Waals surface area contributed by atoms with E-state index in [1.54, 1.807) is 48.5 Å². The molecule has 2 rings (SSSR count). The molecule has 0 amide bonds. The van der Waals surface area contributed by atoms with Crippen molar-refractivity contribution in [2.24, 2.45) is 0 Å². The van der Waals surface area contributed by atoms with Crippen molar-refractivity contribution in [1.29, 1.82) is 0 Å². The zero-order valence-electron chi connectivity index (χ0n) is 50.0. The molecule has 2 aromatic rings. The standard InChI is InChI=1S/C64H108N2O12.Na/c1-3-5-7-9-11-13-15-17-19-21-23-25-27-29-31-33-39-45-73-47-49-77-63(71)55-65(53-61(67)68)57-41-35-37-43-59(57)75-51-52-76-60-44-38-36-42-58(60)66(54-62(69)70)56-64(72)78-50-48-74-46-40-34-32-30-28-26-24-22-20-18-16-14-12-10-8-6-4-2;/h35-38,41-44H,3-34,39-40,45-56H2,1-2H3,(H,67,68)(H,69,70);/q;+1. The number of carboxylic acids is 2. The third-order valence-corrected chi connectivity index (χ3v) is 14.1. The summed E-state index contributed by atoms with van der Waals surface area (Å²) in [5.74, 6) is -2.78. The summed E-state index contributed by atoms with van der Waals surface area (Å²) in [6.45, 7) is 4.88. The summed E-state index contributed by atoms with van der Waals surface area (Å²) in [7, 11) is 0. The average molecular weight is 1120 g/mol. The van der Waals surface area contributed by atoms with Gasteiger partial charge < -0.3 is 48.4 Å². The van der Waals surface area contributed by atoms with Crippen LogP contribution in [-0.2, 0) is 38.1 Å². The maximum atomic E-state index is 12.9. The molecule has 0 saturated heterocycles. The second-order valence-electron chi connectivity index (χ2n) is 21.1. The molecule has 0 radical (unpaired) electrons. The molecule has 79 heavy (non-hydrogen) atoms. The predicted octanol–water partition coefficient (Wildman–Crippen LogP) is 12.4. The second kappa shape index (κ2) is 53.7. The van der Waals surface area contributed by atoms with Crippen LogP contribution in [0.3, 0.4) is 0 Å². The minimum absolute atomic E-state index is 0. The van der Waals surface area contributed by atoms with Gasteiger partial charge >= 0.3 is 53.4 Å². The van der Waals surface area contributed by atoms with E-state index in [0.29, 0.717) is 36.1 Å². The van der Waals surface area contributed by atoms with Gasteiger partial charge in [0.25, 0.3) is 0 Å². The third kappa shape index (κ3) is 42.9. The Morgan fingerprint density at radius 2 is 0.608 bits per heavy atom. The molecule has 0 aliphatic heterocycles. The van der Waals surface area contributed by atoms with Gasteiger partial charge in [-0.25, -0.2) is 0 Å². The Bertz CT molecular complexity index is 1650. The summed E-state index contributed by atoms with van der Waals surface area (Å²) in [6.07, 6.45) is 44.7. The Kier molecular flexibility index (Phi) is 50.0. The van der Waals surface area contributed by atoms with Gasteiger partial charge in [-0.2, -0.15) is 0 Å². The van der Waals surface area contributed by atoms with E-state index in [9.17, 15) is 29.4 Å². The molecule has 2 aromatic carbocycles. The fraction of sp³-hybridized carbons (Fsp3) is 0.750. The van der Waals surface area contributed by atoms with Crippen LogP contribution in [0, 0.1) is 0 Å². The van der Waals surface area contributed by atoms with E-state index in [2.05, 4.69) is 13.8 Å². The van der Waals surface area contributed by atoms with Crippen LogP contribution in [0.1, 0.15) is 232 Å². The Labute approximate surface area is 500 Å². The van der Waals surface area contributed by atoms with Gasteiger partial charge in [0.15, 0.2) is 0 Å². The first-order valence-corrected chi connectivity index (χ1v) is 31.1. The van der Waals surface area contributed by atoms with Gasteiger partial charge in [0.2, 0.25) is 0 Å². The van der Waals surface area contributed by atoms with Crippen molar-refractivity contribution >= 4 is 35.3 Å². The Hall–Kier alpha value is -3.56.